The quantitative estimate of drug-likeness (QED) is 0.407. The smallest absolute Gasteiger partial charge is 0.242 e. The van der Waals surface area contributed by atoms with E-state index < -0.39 is 18.1 Å². The first-order valence-corrected chi connectivity index (χ1v) is 4.60. The number of alkyl halides is 5. The van der Waals surface area contributed by atoms with E-state index in [0.717, 1.165) is 0 Å². The van der Waals surface area contributed by atoms with Crippen LogP contribution in [0.3, 0.4) is 0 Å². The molecule has 0 saturated carbocycles. The molecule has 1 rings (SSSR count). The molecule has 15 heavy (non-hydrogen) atoms. The van der Waals surface area contributed by atoms with Gasteiger partial charge in [0.15, 0.2) is 0 Å². The lowest BCUT2D eigenvalue weighted by molar-refractivity contribution is -0.231. The second kappa shape index (κ2) is 4.08. The summed E-state index contributed by atoms with van der Waals surface area (Å²) in [7, 11) is 0. The zero-order valence-electron chi connectivity index (χ0n) is 8.03. The maximum Gasteiger partial charge on any atom is 0.342 e. The second-order valence-electron chi connectivity index (χ2n) is 3.52. The van der Waals surface area contributed by atoms with Gasteiger partial charge in [-0.25, -0.2) is 9.29 Å². The largest absolute Gasteiger partial charge is 0.342 e. The van der Waals surface area contributed by atoms with Gasteiger partial charge in [0.05, 0.1) is 0 Å². The van der Waals surface area contributed by atoms with E-state index in [9.17, 15) is 22.0 Å². The van der Waals surface area contributed by atoms with Gasteiger partial charge in [0.2, 0.25) is 6.17 Å². The van der Waals surface area contributed by atoms with E-state index in [0.29, 0.717) is 17.7 Å². The van der Waals surface area contributed by atoms with Crippen LogP contribution >= 0.6 is 0 Å². The van der Waals surface area contributed by atoms with Gasteiger partial charge >= 0.3 is 12.0 Å². The van der Waals surface area contributed by atoms with E-state index >= 15 is 0 Å². The Kier molecular flexibility index (Phi) is 3.38. The average Bonchev–Trinajstić information content (AvgIpc) is 2.69. The van der Waals surface area contributed by atoms with Crippen LogP contribution < -0.4 is 0 Å². The van der Waals surface area contributed by atoms with Crippen LogP contribution in [0.2, 0.25) is 0 Å². The van der Waals surface area contributed by atoms with E-state index in [1.807, 2.05) is 0 Å². The van der Waals surface area contributed by atoms with E-state index in [1.54, 1.807) is 0 Å². The van der Waals surface area contributed by atoms with Crippen LogP contribution in [0.4, 0.5) is 22.0 Å². The molecule has 1 nitrogen and oxygen atoms in total. The molecular formula is C9H12F5N. The van der Waals surface area contributed by atoms with Crippen molar-refractivity contribution in [3.8, 4) is 0 Å². The van der Waals surface area contributed by atoms with Gasteiger partial charge in [0.25, 0.3) is 0 Å². The number of hydrogen-bond donors (Lipinski definition) is 0. The van der Waals surface area contributed by atoms with E-state index in [2.05, 4.69) is 6.58 Å². The molecular weight excluding hydrogens is 217 g/mol. The molecule has 0 N–H and O–H groups in total. The fourth-order valence-corrected chi connectivity index (χ4v) is 1.51. The molecule has 1 unspecified atom stereocenters. The van der Waals surface area contributed by atoms with Crippen molar-refractivity contribution < 1.29 is 22.0 Å². The minimum atomic E-state index is -4.20. The Morgan fingerprint density at radius 2 is 1.60 bits per heavy atom. The molecule has 1 atom stereocenters. The predicted molar refractivity (Wildman–Crippen MR) is 45.8 cm³/mol. The number of rotatable bonds is 4. The highest BCUT2D eigenvalue weighted by molar-refractivity contribution is 4.99. The molecule has 0 aromatic heterocycles. The van der Waals surface area contributed by atoms with Crippen LogP contribution in [-0.4, -0.2) is 36.1 Å². The summed E-state index contributed by atoms with van der Waals surface area (Å²) in [5.74, 6) is -4.20. The molecule has 0 aromatic rings. The van der Waals surface area contributed by atoms with Crippen molar-refractivity contribution in [2.45, 2.75) is 31.0 Å². The zero-order valence-corrected chi connectivity index (χ0v) is 8.03. The predicted octanol–water partition coefficient (Wildman–Crippen LogP) is 2.83. The van der Waals surface area contributed by atoms with Crippen molar-refractivity contribution in [2.75, 3.05) is 13.1 Å². The van der Waals surface area contributed by atoms with Gasteiger partial charge in [0.1, 0.15) is 0 Å². The highest BCUT2D eigenvalue weighted by atomic mass is 19.3. The van der Waals surface area contributed by atoms with Gasteiger partial charge in [-0.05, 0) is 18.9 Å². The van der Waals surface area contributed by atoms with Crippen LogP contribution in [0, 0.1) is 0 Å². The third kappa shape index (κ3) is 2.30. The van der Waals surface area contributed by atoms with Crippen molar-refractivity contribution >= 4 is 0 Å². The van der Waals surface area contributed by atoms with Gasteiger partial charge in [-0.3, -0.25) is 0 Å². The van der Waals surface area contributed by atoms with Gasteiger partial charge in [-0.15, -0.1) is 0 Å². The number of halogens is 5. The second-order valence-corrected chi connectivity index (χ2v) is 3.52. The summed E-state index contributed by atoms with van der Waals surface area (Å²) in [5.41, 5.74) is 0. The first-order chi connectivity index (χ1) is 6.82. The van der Waals surface area contributed by atoms with Gasteiger partial charge in [-0.1, -0.05) is 6.58 Å². The molecule has 0 spiro atoms. The van der Waals surface area contributed by atoms with Crippen LogP contribution in [0.15, 0.2) is 12.7 Å². The minimum Gasteiger partial charge on any atom is -0.242 e. The van der Waals surface area contributed by atoms with Crippen LogP contribution in [-0.2, 0) is 0 Å². The Morgan fingerprint density at radius 3 is 2.00 bits per heavy atom. The van der Waals surface area contributed by atoms with Gasteiger partial charge < -0.3 is 0 Å². The van der Waals surface area contributed by atoms with Crippen LogP contribution in [0.5, 0.6) is 0 Å². The van der Waals surface area contributed by atoms with Crippen LogP contribution in [0.1, 0.15) is 12.8 Å². The lowest BCUT2D eigenvalue weighted by Crippen LogP contribution is -2.53. The Balaban J connectivity index is 2.79. The molecule has 0 amide bonds. The molecule has 0 aliphatic carbocycles. The lowest BCUT2D eigenvalue weighted by Gasteiger charge is -2.32. The Hall–Kier alpha value is -0.650. The summed E-state index contributed by atoms with van der Waals surface area (Å²) < 4.78 is 64.8. The van der Waals surface area contributed by atoms with Gasteiger partial charge in [-0.2, -0.15) is 17.6 Å². The summed E-state index contributed by atoms with van der Waals surface area (Å²) in [6, 6.07) is -4.13. The Labute approximate surface area is 84.6 Å². The number of likely N-dealkylation sites (tertiary alicyclic amines) is 1. The van der Waals surface area contributed by atoms with Crippen molar-refractivity contribution in [3.05, 3.63) is 12.7 Å². The lowest BCUT2D eigenvalue weighted by atomic mass is 10.1. The topological polar surface area (TPSA) is 3.24 Å². The van der Waals surface area contributed by atoms with Crippen molar-refractivity contribution in [3.63, 3.8) is 0 Å². The van der Waals surface area contributed by atoms with E-state index in [1.165, 1.54) is 0 Å². The molecule has 0 bridgehead atoms. The highest BCUT2D eigenvalue weighted by Crippen LogP contribution is 2.38. The fraction of sp³-hybridized carbons (Fsp3) is 0.778. The molecule has 1 heterocycles. The highest BCUT2D eigenvalue weighted by Gasteiger charge is 2.57. The Bertz CT molecular complexity index is 235. The molecule has 88 valence electrons. The van der Waals surface area contributed by atoms with E-state index in [4.69, 9.17) is 0 Å². The third-order valence-electron chi connectivity index (χ3n) is 2.44. The summed E-state index contributed by atoms with van der Waals surface area (Å²) in [5, 5.41) is 0. The van der Waals surface area contributed by atoms with Crippen molar-refractivity contribution in [1.29, 1.82) is 0 Å². The standard InChI is InChI=1S/C9H12F5N/c1-2-8(11,12)7(10)9(13,14)15-5-3-4-6-15/h2,7H,1,3-6H2. The maximum atomic E-state index is 13.2. The molecule has 1 saturated heterocycles. The van der Waals surface area contributed by atoms with Crippen molar-refractivity contribution in [2.24, 2.45) is 0 Å². The average molecular weight is 229 g/mol. The maximum absolute atomic E-state index is 13.2. The van der Waals surface area contributed by atoms with Crippen LogP contribution in [0.25, 0.3) is 0 Å². The summed E-state index contributed by atoms with van der Waals surface area (Å²) in [4.78, 5) is 0.453. The minimum absolute atomic E-state index is 0.0549. The summed E-state index contributed by atoms with van der Waals surface area (Å²) in [6.07, 6.45) is -2.67. The Morgan fingerprint density at radius 1 is 1.13 bits per heavy atom. The van der Waals surface area contributed by atoms with E-state index in [-0.39, 0.29) is 19.2 Å². The van der Waals surface area contributed by atoms with Gasteiger partial charge in [0, 0.05) is 13.1 Å². The third-order valence-corrected chi connectivity index (χ3v) is 2.44. The molecule has 1 aliphatic heterocycles. The molecule has 6 heteroatoms. The first kappa shape index (κ1) is 12.4. The normalized spacial score (nSPS) is 21.7. The van der Waals surface area contributed by atoms with Crippen molar-refractivity contribution in [1.82, 2.24) is 4.90 Å². The number of hydrogen-bond acceptors (Lipinski definition) is 1. The zero-order chi connectivity index (χ0) is 11.7. The molecule has 1 aliphatic rings. The number of allylic oxidation sites excluding steroid dienone is 1. The number of nitrogens with zero attached hydrogens (tertiary/aromatic N) is 1. The molecule has 1 fully saturated rings. The summed E-state index contributed by atoms with van der Waals surface area (Å²) in [6.45, 7) is 2.54. The fourth-order valence-electron chi connectivity index (χ4n) is 1.51. The summed E-state index contributed by atoms with van der Waals surface area (Å²) >= 11 is 0. The SMILES string of the molecule is C=CC(F)(F)C(F)C(F)(F)N1CCCC1. The monoisotopic (exact) mass is 229 g/mol. The molecule has 0 radical (unpaired) electrons. The molecule has 0 aromatic carbocycles. The first-order valence-electron chi connectivity index (χ1n) is 4.60.